The van der Waals surface area contributed by atoms with E-state index in [0.717, 1.165) is 11.0 Å². The van der Waals surface area contributed by atoms with Crippen molar-refractivity contribution < 1.29 is 9.59 Å². The third-order valence-electron chi connectivity index (χ3n) is 6.25. The number of amides is 2. The molecule has 30 heavy (non-hydrogen) atoms. The summed E-state index contributed by atoms with van der Waals surface area (Å²) in [5, 5.41) is 6.01. The number of nitrogens with zero attached hydrogens (tertiary/aromatic N) is 1. The van der Waals surface area contributed by atoms with E-state index in [4.69, 9.17) is 0 Å². The van der Waals surface area contributed by atoms with Crippen molar-refractivity contribution in [3.8, 4) is 0 Å². The molecule has 0 aromatic heterocycles. The monoisotopic (exact) mass is 469 g/mol. The van der Waals surface area contributed by atoms with Gasteiger partial charge >= 0.3 is 0 Å². The van der Waals surface area contributed by atoms with Gasteiger partial charge in [0, 0.05) is 33.9 Å². The lowest BCUT2D eigenvalue weighted by Crippen LogP contribution is -2.51. The molecular weight excluding hydrogens is 442 g/mol. The van der Waals surface area contributed by atoms with Gasteiger partial charge in [-0.05, 0) is 87.2 Å². The first-order valence-electron chi connectivity index (χ1n) is 10.8. The first kappa shape index (κ1) is 21.1. The second-order valence-corrected chi connectivity index (χ2v) is 9.17. The molecule has 2 aromatic rings. The molecule has 2 aliphatic heterocycles. The SMILES string of the molecule is O=C(NC[C@@H]1CCCN2CCCC[C@H]12)c1ccc(NC(=O)c2cccc(Br)c2)cc1. The molecule has 2 heterocycles. The Kier molecular flexibility index (Phi) is 6.85. The fourth-order valence-electron chi connectivity index (χ4n) is 4.68. The van der Waals surface area contributed by atoms with Crippen molar-refractivity contribution in [3.05, 3.63) is 64.1 Å². The van der Waals surface area contributed by atoms with Crippen molar-refractivity contribution in [2.75, 3.05) is 25.0 Å². The van der Waals surface area contributed by atoms with Crippen LogP contribution in [0.15, 0.2) is 53.0 Å². The van der Waals surface area contributed by atoms with Crippen LogP contribution in [0.2, 0.25) is 0 Å². The van der Waals surface area contributed by atoms with Crippen LogP contribution in [0, 0.1) is 5.92 Å². The van der Waals surface area contributed by atoms with Crippen molar-refractivity contribution in [1.82, 2.24) is 10.2 Å². The number of piperidine rings is 2. The van der Waals surface area contributed by atoms with Crippen LogP contribution in [-0.4, -0.2) is 42.4 Å². The Hall–Kier alpha value is -2.18. The van der Waals surface area contributed by atoms with Gasteiger partial charge in [-0.3, -0.25) is 9.59 Å². The van der Waals surface area contributed by atoms with E-state index in [0.29, 0.717) is 28.8 Å². The van der Waals surface area contributed by atoms with Crippen LogP contribution in [0.3, 0.4) is 0 Å². The zero-order chi connectivity index (χ0) is 20.9. The smallest absolute Gasteiger partial charge is 0.255 e. The quantitative estimate of drug-likeness (QED) is 0.667. The molecule has 2 fully saturated rings. The predicted octanol–water partition coefficient (Wildman–Crippen LogP) is 4.70. The summed E-state index contributed by atoms with van der Waals surface area (Å²) in [6.45, 7) is 3.16. The van der Waals surface area contributed by atoms with Crippen molar-refractivity contribution in [2.45, 2.75) is 38.1 Å². The molecule has 0 aliphatic carbocycles. The molecule has 2 saturated heterocycles. The first-order chi connectivity index (χ1) is 14.6. The van der Waals surface area contributed by atoms with Crippen LogP contribution in [0.25, 0.3) is 0 Å². The minimum absolute atomic E-state index is 0.0483. The zero-order valence-corrected chi connectivity index (χ0v) is 18.7. The van der Waals surface area contributed by atoms with Gasteiger partial charge in [0.15, 0.2) is 0 Å². The third kappa shape index (κ3) is 5.10. The Morgan fingerprint density at radius 3 is 2.53 bits per heavy atom. The number of rotatable bonds is 5. The second kappa shape index (κ2) is 9.75. The molecule has 2 atom stereocenters. The highest BCUT2D eigenvalue weighted by Gasteiger charge is 2.32. The molecule has 2 N–H and O–H groups in total. The number of halogens is 1. The molecule has 4 rings (SSSR count). The van der Waals surface area contributed by atoms with Crippen LogP contribution >= 0.6 is 15.9 Å². The molecular formula is C24H28BrN3O2. The molecule has 2 aromatic carbocycles. The maximum absolute atomic E-state index is 12.6. The van der Waals surface area contributed by atoms with Crippen LogP contribution in [0.5, 0.6) is 0 Å². The largest absolute Gasteiger partial charge is 0.352 e. The van der Waals surface area contributed by atoms with Crippen molar-refractivity contribution >= 4 is 33.4 Å². The van der Waals surface area contributed by atoms with Crippen molar-refractivity contribution in [3.63, 3.8) is 0 Å². The molecule has 5 nitrogen and oxygen atoms in total. The van der Waals surface area contributed by atoms with E-state index in [-0.39, 0.29) is 11.8 Å². The standard InChI is InChI=1S/C24H28BrN3O2/c25-20-7-3-5-18(15-20)24(30)27-21-11-9-17(10-12-21)23(29)26-16-19-6-4-14-28-13-2-1-8-22(19)28/h3,5,7,9-12,15,19,22H,1-2,4,6,8,13-14,16H2,(H,26,29)(H,27,30)/t19-,22+/m0/s1. The number of carbonyl (C=O) groups excluding carboxylic acids is 2. The average molecular weight is 470 g/mol. The molecule has 2 aliphatic rings. The van der Waals surface area contributed by atoms with Gasteiger partial charge < -0.3 is 15.5 Å². The van der Waals surface area contributed by atoms with E-state index < -0.39 is 0 Å². The number of nitrogens with one attached hydrogen (secondary N) is 2. The summed E-state index contributed by atoms with van der Waals surface area (Å²) in [6, 6.07) is 14.9. The summed E-state index contributed by atoms with van der Waals surface area (Å²) in [4.78, 5) is 27.6. The lowest BCUT2D eigenvalue weighted by Gasteiger charge is -2.44. The van der Waals surface area contributed by atoms with Gasteiger partial charge in [0.05, 0.1) is 0 Å². The fraction of sp³-hybridized carbons (Fsp3) is 0.417. The van der Waals surface area contributed by atoms with E-state index in [1.54, 1.807) is 36.4 Å². The van der Waals surface area contributed by atoms with Gasteiger partial charge in [0.2, 0.25) is 0 Å². The summed E-state index contributed by atoms with van der Waals surface area (Å²) in [6.07, 6.45) is 6.29. The highest BCUT2D eigenvalue weighted by atomic mass is 79.9. The third-order valence-corrected chi connectivity index (χ3v) is 6.74. The molecule has 6 heteroatoms. The molecule has 2 amide bonds. The van der Waals surface area contributed by atoms with Gasteiger partial charge in [0.1, 0.15) is 0 Å². The normalized spacial score (nSPS) is 21.5. The molecule has 0 radical (unpaired) electrons. The van der Waals surface area contributed by atoms with Crippen LogP contribution < -0.4 is 10.6 Å². The maximum Gasteiger partial charge on any atom is 0.255 e. The summed E-state index contributed by atoms with van der Waals surface area (Å²) in [7, 11) is 0. The first-order valence-corrected chi connectivity index (χ1v) is 11.6. The number of benzene rings is 2. The molecule has 0 bridgehead atoms. The van der Waals surface area contributed by atoms with Crippen LogP contribution in [-0.2, 0) is 0 Å². The Labute approximate surface area is 186 Å². The molecule has 158 valence electrons. The molecule has 0 spiro atoms. The zero-order valence-electron chi connectivity index (χ0n) is 17.1. The Bertz CT molecular complexity index is 898. The van der Waals surface area contributed by atoms with Crippen LogP contribution in [0.1, 0.15) is 52.8 Å². The van der Waals surface area contributed by atoms with Gasteiger partial charge in [-0.1, -0.05) is 28.4 Å². The lowest BCUT2D eigenvalue weighted by atomic mass is 9.83. The minimum atomic E-state index is -0.178. The lowest BCUT2D eigenvalue weighted by molar-refractivity contribution is 0.0575. The molecule has 0 unspecified atom stereocenters. The number of anilines is 1. The van der Waals surface area contributed by atoms with Crippen molar-refractivity contribution in [1.29, 1.82) is 0 Å². The highest BCUT2D eigenvalue weighted by Crippen LogP contribution is 2.30. The van der Waals surface area contributed by atoms with E-state index in [1.165, 1.54) is 45.2 Å². The Morgan fingerprint density at radius 1 is 0.933 bits per heavy atom. The van der Waals surface area contributed by atoms with Crippen LogP contribution in [0.4, 0.5) is 5.69 Å². The fourth-order valence-corrected chi connectivity index (χ4v) is 5.08. The summed E-state index contributed by atoms with van der Waals surface area (Å²) in [5.74, 6) is 0.322. The Balaban J connectivity index is 1.31. The topological polar surface area (TPSA) is 61.4 Å². The molecule has 0 saturated carbocycles. The predicted molar refractivity (Wildman–Crippen MR) is 123 cm³/mol. The summed E-state index contributed by atoms with van der Waals surface area (Å²) >= 11 is 3.38. The second-order valence-electron chi connectivity index (χ2n) is 8.25. The van der Waals surface area contributed by atoms with Gasteiger partial charge in [-0.15, -0.1) is 0 Å². The minimum Gasteiger partial charge on any atom is -0.352 e. The van der Waals surface area contributed by atoms with E-state index in [2.05, 4.69) is 31.5 Å². The van der Waals surface area contributed by atoms with Gasteiger partial charge in [-0.25, -0.2) is 0 Å². The highest BCUT2D eigenvalue weighted by molar-refractivity contribution is 9.10. The van der Waals surface area contributed by atoms with E-state index in [9.17, 15) is 9.59 Å². The van der Waals surface area contributed by atoms with Crippen molar-refractivity contribution in [2.24, 2.45) is 5.92 Å². The summed E-state index contributed by atoms with van der Waals surface area (Å²) < 4.78 is 0.858. The maximum atomic E-state index is 12.6. The van der Waals surface area contributed by atoms with Gasteiger partial charge in [0.25, 0.3) is 11.8 Å². The average Bonchev–Trinajstić information content (AvgIpc) is 2.78. The van der Waals surface area contributed by atoms with E-state index in [1.807, 2.05) is 12.1 Å². The number of hydrogen-bond acceptors (Lipinski definition) is 3. The van der Waals surface area contributed by atoms with E-state index >= 15 is 0 Å². The number of carbonyl (C=O) groups is 2. The summed E-state index contributed by atoms with van der Waals surface area (Å²) in [5.41, 5.74) is 1.86. The van der Waals surface area contributed by atoms with Gasteiger partial charge in [-0.2, -0.15) is 0 Å². The number of fused-ring (bicyclic) bond motifs is 1. The number of hydrogen-bond donors (Lipinski definition) is 2. The Morgan fingerprint density at radius 2 is 1.73 bits per heavy atom.